The first kappa shape index (κ1) is 13.6. The van der Waals surface area contributed by atoms with Gasteiger partial charge in [-0.25, -0.2) is 14.5 Å². The van der Waals surface area contributed by atoms with Gasteiger partial charge >= 0.3 is 5.97 Å². The summed E-state index contributed by atoms with van der Waals surface area (Å²) >= 11 is 1.39. The molecule has 6 nitrogen and oxygen atoms in total. The van der Waals surface area contributed by atoms with E-state index in [0.29, 0.717) is 22.9 Å². The highest BCUT2D eigenvalue weighted by molar-refractivity contribution is 7.20. The van der Waals surface area contributed by atoms with Gasteiger partial charge in [0.2, 0.25) is 0 Å². The highest BCUT2D eigenvalue weighted by Gasteiger charge is 2.13. The van der Waals surface area contributed by atoms with Crippen LogP contribution in [0.15, 0.2) is 30.6 Å². The van der Waals surface area contributed by atoms with Crippen molar-refractivity contribution in [1.29, 1.82) is 0 Å². The van der Waals surface area contributed by atoms with E-state index in [2.05, 4.69) is 10.1 Å². The van der Waals surface area contributed by atoms with E-state index in [9.17, 15) is 4.79 Å². The number of ether oxygens (including phenoxy) is 1. The van der Waals surface area contributed by atoms with Crippen LogP contribution in [0.3, 0.4) is 0 Å². The number of rotatable bonds is 4. The zero-order valence-corrected chi connectivity index (χ0v) is 12.3. The van der Waals surface area contributed by atoms with Gasteiger partial charge in [-0.15, -0.1) is 11.3 Å². The van der Waals surface area contributed by atoms with Crippen molar-refractivity contribution in [3.05, 3.63) is 41.3 Å². The summed E-state index contributed by atoms with van der Waals surface area (Å²) in [5, 5.41) is 4.98. The van der Waals surface area contributed by atoms with Gasteiger partial charge in [0.25, 0.3) is 0 Å². The van der Waals surface area contributed by atoms with Crippen molar-refractivity contribution in [2.24, 2.45) is 0 Å². The molecule has 7 heteroatoms. The molecule has 21 heavy (non-hydrogen) atoms. The number of anilines is 1. The second-order valence-electron chi connectivity index (χ2n) is 4.48. The van der Waals surface area contributed by atoms with Crippen LogP contribution in [0.25, 0.3) is 10.1 Å². The van der Waals surface area contributed by atoms with Crippen LogP contribution in [-0.4, -0.2) is 20.7 Å². The topological polar surface area (TPSA) is 83.0 Å². The summed E-state index contributed by atoms with van der Waals surface area (Å²) < 4.78 is 7.99. The van der Waals surface area contributed by atoms with Gasteiger partial charge in [0.15, 0.2) is 12.4 Å². The van der Waals surface area contributed by atoms with Crippen molar-refractivity contribution in [2.75, 3.05) is 5.73 Å². The minimum Gasteiger partial charge on any atom is -0.453 e. The Morgan fingerprint density at radius 1 is 1.43 bits per heavy atom. The van der Waals surface area contributed by atoms with Crippen molar-refractivity contribution < 1.29 is 9.53 Å². The van der Waals surface area contributed by atoms with E-state index in [1.54, 1.807) is 10.7 Å². The molecule has 2 aromatic heterocycles. The molecular weight excluding hydrogens is 288 g/mol. The lowest BCUT2D eigenvalue weighted by Crippen LogP contribution is -2.09. The Labute approximate surface area is 125 Å². The Kier molecular flexibility index (Phi) is 3.57. The van der Waals surface area contributed by atoms with Crippen LogP contribution in [0, 0.1) is 0 Å². The summed E-state index contributed by atoms with van der Waals surface area (Å²) in [7, 11) is 0. The fourth-order valence-corrected chi connectivity index (χ4v) is 2.96. The predicted molar refractivity (Wildman–Crippen MR) is 81.1 cm³/mol. The lowest BCUT2D eigenvalue weighted by molar-refractivity contribution is 0.0463. The fourth-order valence-electron chi connectivity index (χ4n) is 2.03. The van der Waals surface area contributed by atoms with Crippen molar-refractivity contribution in [1.82, 2.24) is 14.8 Å². The molecule has 0 unspecified atom stereocenters. The van der Waals surface area contributed by atoms with E-state index >= 15 is 0 Å². The SMILES string of the molecule is CCn1ncnc1COC(=O)c1cc2cc(N)ccc2s1. The number of thiophene rings is 1. The predicted octanol–water partition coefficient (Wildman–Crippen LogP) is 2.45. The molecule has 108 valence electrons. The van der Waals surface area contributed by atoms with Gasteiger partial charge in [0.1, 0.15) is 11.2 Å². The second kappa shape index (κ2) is 5.53. The van der Waals surface area contributed by atoms with Crippen LogP contribution < -0.4 is 5.73 Å². The molecule has 0 radical (unpaired) electrons. The quantitative estimate of drug-likeness (QED) is 0.591. The zero-order chi connectivity index (χ0) is 14.8. The first-order chi connectivity index (χ1) is 10.2. The molecular formula is C14H14N4O2S. The van der Waals surface area contributed by atoms with Crippen molar-refractivity contribution in [3.8, 4) is 0 Å². The van der Waals surface area contributed by atoms with E-state index in [0.717, 1.165) is 10.1 Å². The molecule has 2 heterocycles. The number of carbonyl (C=O) groups is 1. The molecule has 0 atom stereocenters. The molecule has 2 N–H and O–H groups in total. The van der Waals surface area contributed by atoms with Gasteiger partial charge in [0.05, 0.1) is 0 Å². The second-order valence-corrected chi connectivity index (χ2v) is 5.56. The maximum atomic E-state index is 12.1. The summed E-state index contributed by atoms with van der Waals surface area (Å²) in [5.74, 6) is 0.275. The molecule has 0 saturated carbocycles. The summed E-state index contributed by atoms with van der Waals surface area (Å²) in [6.45, 7) is 2.76. The molecule has 3 rings (SSSR count). The van der Waals surface area contributed by atoms with Crippen LogP contribution in [0.5, 0.6) is 0 Å². The summed E-state index contributed by atoms with van der Waals surface area (Å²) in [5.41, 5.74) is 6.41. The van der Waals surface area contributed by atoms with E-state index in [1.165, 1.54) is 17.7 Å². The Hall–Kier alpha value is -2.41. The van der Waals surface area contributed by atoms with E-state index in [-0.39, 0.29) is 12.6 Å². The molecule has 0 bridgehead atoms. The Morgan fingerprint density at radius 2 is 2.29 bits per heavy atom. The molecule has 0 saturated heterocycles. The molecule has 0 aliphatic heterocycles. The highest BCUT2D eigenvalue weighted by Crippen LogP contribution is 2.27. The summed E-state index contributed by atoms with van der Waals surface area (Å²) in [6, 6.07) is 7.36. The third-order valence-corrected chi connectivity index (χ3v) is 4.17. The number of hydrogen-bond donors (Lipinski definition) is 1. The number of aryl methyl sites for hydroxylation is 1. The number of hydrogen-bond acceptors (Lipinski definition) is 6. The number of benzene rings is 1. The molecule has 3 aromatic rings. The lowest BCUT2D eigenvalue weighted by Gasteiger charge is -2.03. The monoisotopic (exact) mass is 302 g/mol. The van der Waals surface area contributed by atoms with Gasteiger partial charge in [-0.3, -0.25) is 0 Å². The average Bonchev–Trinajstić information content (AvgIpc) is 3.10. The molecule has 0 aliphatic carbocycles. The Morgan fingerprint density at radius 3 is 3.10 bits per heavy atom. The number of carbonyl (C=O) groups excluding carboxylic acids is 1. The van der Waals surface area contributed by atoms with E-state index < -0.39 is 0 Å². The molecule has 0 fully saturated rings. The van der Waals surface area contributed by atoms with E-state index in [4.69, 9.17) is 10.5 Å². The fraction of sp³-hybridized carbons (Fsp3) is 0.214. The van der Waals surface area contributed by atoms with Gasteiger partial charge < -0.3 is 10.5 Å². The van der Waals surface area contributed by atoms with Crippen LogP contribution in [0.4, 0.5) is 5.69 Å². The normalized spacial score (nSPS) is 10.9. The Balaban J connectivity index is 1.75. The maximum Gasteiger partial charge on any atom is 0.348 e. The smallest absolute Gasteiger partial charge is 0.348 e. The number of nitrogen functional groups attached to an aromatic ring is 1. The molecule has 1 aromatic carbocycles. The van der Waals surface area contributed by atoms with Crippen molar-refractivity contribution >= 4 is 33.1 Å². The largest absolute Gasteiger partial charge is 0.453 e. The van der Waals surface area contributed by atoms with Crippen LogP contribution in [0.1, 0.15) is 22.4 Å². The first-order valence-corrected chi connectivity index (χ1v) is 7.32. The van der Waals surface area contributed by atoms with Gasteiger partial charge in [-0.2, -0.15) is 5.10 Å². The number of aromatic nitrogens is 3. The lowest BCUT2D eigenvalue weighted by atomic mass is 10.2. The molecule has 0 spiro atoms. The van der Waals surface area contributed by atoms with Crippen LogP contribution in [0.2, 0.25) is 0 Å². The Bertz CT molecular complexity index is 793. The first-order valence-electron chi connectivity index (χ1n) is 6.50. The summed E-state index contributed by atoms with van der Waals surface area (Å²) in [4.78, 5) is 16.7. The number of nitrogens with zero attached hydrogens (tertiary/aromatic N) is 3. The summed E-state index contributed by atoms with van der Waals surface area (Å²) in [6.07, 6.45) is 1.45. The van der Waals surface area contributed by atoms with Crippen molar-refractivity contribution in [2.45, 2.75) is 20.1 Å². The standard InChI is InChI=1S/C14H14N4O2S/c1-2-18-13(16-8-17-18)7-20-14(19)12-6-9-5-10(15)3-4-11(9)21-12/h3-6,8H,2,7,15H2,1H3. The number of fused-ring (bicyclic) bond motifs is 1. The van der Waals surface area contributed by atoms with Gasteiger partial charge in [-0.1, -0.05) is 0 Å². The highest BCUT2D eigenvalue weighted by atomic mass is 32.1. The third kappa shape index (κ3) is 2.73. The van der Waals surface area contributed by atoms with E-state index in [1.807, 2.05) is 25.1 Å². The van der Waals surface area contributed by atoms with Crippen LogP contribution in [-0.2, 0) is 17.9 Å². The third-order valence-electron chi connectivity index (χ3n) is 3.07. The minimum atomic E-state index is -0.361. The van der Waals surface area contributed by atoms with Gasteiger partial charge in [0, 0.05) is 16.9 Å². The number of nitrogens with two attached hydrogens (primary N) is 1. The maximum absolute atomic E-state index is 12.1. The zero-order valence-electron chi connectivity index (χ0n) is 11.4. The minimum absolute atomic E-state index is 0.114. The molecule has 0 amide bonds. The average molecular weight is 302 g/mol. The number of esters is 1. The molecule has 0 aliphatic rings. The van der Waals surface area contributed by atoms with Crippen molar-refractivity contribution in [3.63, 3.8) is 0 Å². The van der Waals surface area contributed by atoms with Crippen LogP contribution >= 0.6 is 11.3 Å². The van der Waals surface area contributed by atoms with Gasteiger partial charge in [-0.05, 0) is 36.6 Å².